The summed E-state index contributed by atoms with van der Waals surface area (Å²) < 4.78 is 23.8. The van der Waals surface area contributed by atoms with Crippen LogP contribution in [0.3, 0.4) is 0 Å². The van der Waals surface area contributed by atoms with E-state index in [9.17, 15) is 4.57 Å². The molecule has 0 fully saturated rings. The predicted molar refractivity (Wildman–Crippen MR) is 79.2 cm³/mol. The van der Waals surface area contributed by atoms with Crippen molar-refractivity contribution in [1.29, 1.82) is 0 Å². The van der Waals surface area contributed by atoms with Crippen LogP contribution in [-0.2, 0) is 13.6 Å². The van der Waals surface area contributed by atoms with Crippen molar-refractivity contribution in [2.24, 2.45) is 5.73 Å². The molecule has 0 saturated carbocycles. The average molecular weight is 359 g/mol. The first-order chi connectivity index (χ1) is 8.03. The summed E-state index contributed by atoms with van der Waals surface area (Å²) in [4.78, 5) is 0. The SMILES string of the molecule is CCOP(=O)(OCC)C(N)c1ccc(Br)cc1.Cl. The third kappa shape index (κ3) is 4.65. The molecule has 1 rings (SSSR count). The molecule has 0 radical (unpaired) electrons. The molecule has 0 aliphatic heterocycles. The molecule has 0 aliphatic rings. The lowest BCUT2D eigenvalue weighted by molar-refractivity contribution is 0.212. The van der Waals surface area contributed by atoms with E-state index >= 15 is 0 Å². The minimum absolute atomic E-state index is 0. The fourth-order valence-corrected chi connectivity index (χ4v) is 3.32. The third-order valence-electron chi connectivity index (χ3n) is 2.17. The van der Waals surface area contributed by atoms with Gasteiger partial charge < -0.3 is 14.8 Å². The fourth-order valence-electron chi connectivity index (χ4n) is 1.40. The molecule has 0 saturated heterocycles. The summed E-state index contributed by atoms with van der Waals surface area (Å²) in [6, 6.07) is 7.30. The van der Waals surface area contributed by atoms with Gasteiger partial charge in [0.1, 0.15) is 5.78 Å². The molecule has 104 valence electrons. The quantitative estimate of drug-likeness (QED) is 0.778. The first-order valence-electron chi connectivity index (χ1n) is 5.43. The predicted octanol–water partition coefficient (Wildman–Crippen LogP) is 4.09. The first kappa shape index (κ1) is 18.1. The first-order valence-corrected chi connectivity index (χ1v) is 7.83. The normalized spacial score (nSPS) is 12.9. The third-order valence-corrected chi connectivity index (χ3v) is 4.91. The number of nitrogens with two attached hydrogens (primary N) is 1. The van der Waals surface area contributed by atoms with Gasteiger partial charge in [-0.2, -0.15) is 0 Å². The minimum Gasteiger partial charge on any atom is -0.314 e. The molecular weight excluding hydrogens is 340 g/mol. The van der Waals surface area contributed by atoms with Gasteiger partial charge in [0.25, 0.3) is 0 Å². The molecule has 0 aliphatic carbocycles. The van der Waals surface area contributed by atoms with Crippen molar-refractivity contribution in [1.82, 2.24) is 0 Å². The van der Waals surface area contributed by atoms with Crippen LogP contribution in [0, 0.1) is 0 Å². The second-order valence-electron chi connectivity index (χ2n) is 3.37. The zero-order valence-corrected chi connectivity index (χ0v) is 13.6. The second-order valence-corrected chi connectivity index (χ2v) is 6.44. The van der Waals surface area contributed by atoms with Crippen molar-refractivity contribution < 1.29 is 13.6 Å². The molecule has 7 heteroatoms. The van der Waals surface area contributed by atoms with Crippen LogP contribution in [0.2, 0.25) is 0 Å². The molecule has 4 nitrogen and oxygen atoms in total. The van der Waals surface area contributed by atoms with Crippen molar-refractivity contribution in [2.75, 3.05) is 13.2 Å². The highest BCUT2D eigenvalue weighted by molar-refractivity contribution is 9.10. The molecule has 0 bridgehead atoms. The van der Waals surface area contributed by atoms with E-state index in [2.05, 4.69) is 15.9 Å². The van der Waals surface area contributed by atoms with Gasteiger partial charge in [0.05, 0.1) is 13.2 Å². The van der Waals surface area contributed by atoms with Crippen LogP contribution in [0.15, 0.2) is 28.7 Å². The van der Waals surface area contributed by atoms with Gasteiger partial charge in [-0.05, 0) is 31.5 Å². The van der Waals surface area contributed by atoms with Gasteiger partial charge in [0.2, 0.25) is 0 Å². The topological polar surface area (TPSA) is 61.5 Å². The molecule has 1 aromatic rings. The molecule has 0 aromatic heterocycles. The Labute approximate surface area is 122 Å². The summed E-state index contributed by atoms with van der Waals surface area (Å²) in [5, 5.41) is 0. The van der Waals surface area contributed by atoms with Crippen molar-refractivity contribution in [3.63, 3.8) is 0 Å². The number of hydrogen-bond acceptors (Lipinski definition) is 4. The maximum absolute atomic E-state index is 12.4. The lowest BCUT2D eigenvalue weighted by Gasteiger charge is -2.23. The Morgan fingerprint density at radius 2 is 1.67 bits per heavy atom. The maximum Gasteiger partial charge on any atom is 0.351 e. The fraction of sp³-hybridized carbons (Fsp3) is 0.455. The van der Waals surface area contributed by atoms with Crippen LogP contribution < -0.4 is 5.73 Å². The van der Waals surface area contributed by atoms with E-state index in [-0.39, 0.29) is 12.4 Å². The molecule has 0 amide bonds. The maximum atomic E-state index is 12.4. The van der Waals surface area contributed by atoms with E-state index < -0.39 is 13.4 Å². The highest BCUT2D eigenvalue weighted by Gasteiger charge is 2.33. The van der Waals surface area contributed by atoms with Gasteiger partial charge in [0.15, 0.2) is 0 Å². The van der Waals surface area contributed by atoms with Crippen LogP contribution in [0.4, 0.5) is 0 Å². The van der Waals surface area contributed by atoms with Crippen molar-refractivity contribution in [3.8, 4) is 0 Å². The van der Waals surface area contributed by atoms with Gasteiger partial charge in [0, 0.05) is 4.47 Å². The van der Waals surface area contributed by atoms with E-state index in [1.807, 2.05) is 12.1 Å². The molecule has 0 heterocycles. The zero-order valence-electron chi connectivity index (χ0n) is 10.3. The summed E-state index contributed by atoms with van der Waals surface area (Å²) in [5.74, 6) is -0.754. The van der Waals surface area contributed by atoms with E-state index in [0.717, 1.165) is 10.0 Å². The zero-order chi connectivity index (χ0) is 12.9. The summed E-state index contributed by atoms with van der Waals surface area (Å²) >= 11 is 3.33. The molecule has 1 unspecified atom stereocenters. The largest absolute Gasteiger partial charge is 0.351 e. The summed E-state index contributed by atoms with van der Waals surface area (Å²) in [6.45, 7) is 4.14. The highest BCUT2D eigenvalue weighted by Crippen LogP contribution is 2.58. The summed E-state index contributed by atoms with van der Waals surface area (Å²) in [7, 11) is -3.28. The van der Waals surface area contributed by atoms with Gasteiger partial charge in [-0.1, -0.05) is 28.1 Å². The van der Waals surface area contributed by atoms with E-state index in [4.69, 9.17) is 14.8 Å². The monoisotopic (exact) mass is 357 g/mol. The van der Waals surface area contributed by atoms with Gasteiger partial charge in [-0.3, -0.25) is 4.57 Å². The molecule has 2 N–H and O–H groups in total. The van der Waals surface area contributed by atoms with Crippen LogP contribution in [0.5, 0.6) is 0 Å². The van der Waals surface area contributed by atoms with Gasteiger partial charge in [-0.25, -0.2) is 0 Å². The number of rotatable bonds is 6. The number of hydrogen-bond donors (Lipinski definition) is 1. The van der Waals surface area contributed by atoms with Gasteiger partial charge >= 0.3 is 7.60 Å². The van der Waals surface area contributed by atoms with Crippen LogP contribution in [0.1, 0.15) is 25.2 Å². The molecule has 18 heavy (non-hydrogen) atoms. The number of halogens is 2. The highest BCUT2D eigenvalue weighted by atomic mass is 79.9. The van der Waals surface area contributed by atoms with Crippen molar-refractivity contribution in [2.45, 2.75) is 19.6 Å². The summed E-state index contributed by atoms with van der Waals surface area (Å²) in [6.07, 6.45) is 0. The second kappa shape index (κ2) is 8.31. The Kier molecular flexibility index (Phi) is 8.35. The smallest absolute Gasteiger partial charge is 0.314 e. The Hall–Kier alpha value is 0.1000. The Morgan fingerprint density at radius 1 is 1.22 bits per heavy atom. The molecule has 1 aromatic carbocycles. The Bertz CT molecular complexity index is 392. The average Bonchev–Trinajstić information content (AvgIpc) is 2.30. The van der Waals surface area contributed by atoms with E-state index in [0.29, 0.717) is 13.2 Å². The lowest BCUT2D eigenvalue weighted by atomic mass is 10.2. The number of benzene rings is 1. The standard InChI is InChI=1S/C11H17BrNO3P.ClH/c1-3-15-17(14,16-4-2)11(13)9-5-7-10(12)8-6-9;/h5-8,11H,3-4,13H2,1-2H3;1H. The Balaban J connectivity index is 0.00000289. The van der Waals surface area contributed by atoms with E-state index in [1.165, 1.54) is 0 Å². The van der Waals surface area contributed by atoms with E-state index in [1.54, 1.807) is 26.0 Å². The van der Waals surface area contributed by atoms with Crippen LogP contribution >= 0.6 is 35.9 Å². The molecule has 0 spiro atoms. The molecular formula is C11H18BrClNO3P. The lowest BCUT2D eigenvalue weighted by Crippen LogP contribution is -2.14. The summed E-state index contributed by atoms with van der Waals surface area (Å²) in [5.41, 5.74) is 6.70. The van der Waals surface area contributed by atoms with Crippen molar-refractivity contribution >= 4 is 35.9 Å². The van der Waals surface area contributed by atoms with Gasteiger partial charge in [-0.15, -0.1) is 12.4 Å². The van der Waals surface area contributed by atoms with Crippen LogP contribution in [0.25, 0.3) is 0 Å². The molecule has 1 atom stereocenters. The Morgan fingerprint density at radius 3 is 2.06 bits per heavy atom. The van der Waals surface area contributed by atoms with Crippen molar-refractivity contribution in [3.05, 3.63) is 34.3 Å². The minimum atomic E-state index is -3.28. The van der Waals surface area contributed by atoms with Crippen LogP contribution in [-0.4, -0.2) is 13.2 Å².